The Labute approximate surface area is 109 Å². The van der Waals surface area contributed by atoms with Gasteiger partial charge in [0.15, 0.2) is 0 Å². The van der Waals surface area contributed by atoms with Gasteiger partial charge in [-0.1, -0.05) is 12.8 Å². The Hall–Kier alpha value is -0.420. The van der Waals surface area contributed by atoms with Crippen LogP contribution in [0.4, 0.5) is 4.79 Å². The molecule has 1 atom stereocenters. The van der Waals surface area contributed by atoms with Crippen LogP contribution in [0.3, 0.4) is 0 Å². The van der Waals surface area contributed by atoms with Crippen molar-refractivity contribution in [2.45, 2.75) is 39.2 Å². The third-order valence-corrected chi connectivity index (χ3v) is 3.85. The minimum Gasteiger partial charge on any atom is -0.444 e. The fraction of sp³-hybridized carbons (Fsp3) is 0.917. The highest BCUT2D eigenvalue weighted by Crippen LogP contribution is 2.40. The minimum atomic E-state index is -0.405. The summed E-state index contributed by atoms with van der Waals surface area (Å²) >= 11 is 4.39. The highest BCUT2D eigenvalue weighted by molar-refractivity contribution is 7.77. The Morgan fingerprint density at radius 3 is 2.41 bits per heavy atom. The molecule has 17 heavy (non-hydrogen) atoms. The van der Waals surface area contributed by atoms with Crippen molar-refractivity contribution in [1.29, 1.82) is 0 Å². The second-order valence-electron chi connectivity index (χ2n) is 6.29. The predicted molar refractivity (Wildman–Crippen MR) is 70.0 cm³/mol. The largest absolute Gasteiger partial charge is 0.444 e. The van der Waals surface area contributed by atoms with E-state index in [2.05, 4.69) is 17.1 Å². The van der Waals surface area contributed by atoms with E-state index in [1.165, 1.54) is 0 Å². The van der Waals surface area contributed by atoms with Crippen molar-refractivity contribution in [3.63, 3.8) is 0 Å². The number of carbonyl (C=O) groups is 1. The second kappa shape index (κ2) is 4.35. The number of nitrogens with zero attached hydrogens (tertiary/aromatic N) is 2. The number of likely N-dealkylation sites (tertiary alicyclic amines) is 1. The summed E-state index contributed by atoms with van der Waals surface area (Å²) in [6, 6.07) is 0. The van der Waals surface area contributed by atoms with E-state index in [1.54, 1.807) is 0 Å². The number of hydrogen-bond acceptors (Lipinski definition) is 4. The van der Waals surface area contributed by atoms with Crippen molar-refractivity contribution in [3.05, 3.63) is 0 Å². The maximum Gasteiger partial charge on any atom is 0.410 e. The molecule has 2 saturated heterocycles. The molecule has 1 spiro atoms. The van der Waals surface area contributed by atoms with Gasteiger partial charge < -0.3 is 9.64 Å². The molecule has 2 aliphatic heterocycles. The van der Waals surface area contributed by atoms with Crippen molar-refractivity contribution in [2.75, 3.05) is 26.2 Å². The van der Waals surface area contributed by atoms with Crippen molar-refractivity contribution in [2.24, 2.45) is 5.41 Å². The van der Waals surface area contributed by atoms with Crippen LogP contribution in [-0.4, -0.2) is 47.1 Å². The van der Waals surface area contributed by atoms with Crippen LogP contribution in [-0.2, 0) is 4.74 Å². The third kappa shape index (κ3) is 3.07. The molecule has 4 nitrogen and oxygen atoms in total. The Balaban J connectivity index is 1.92. The highest BCUT2D eigenvalue weighted by Gasteiger charge is 2.44. The SMILES string of the molecule is CC(C)(C)OC(=O)N1CCC2(CCN(S)C2)C1. The first-order valence-corrected chi connectivity index (χ1v) is 6.62. The van der Waals surface area contributed by atoms with Crippen LogP contribution in [0.25, 0.3) is 0 Å². The molecule has 0 bridgehead atoms. The van der Waals surface area contributed by atoms with Crippen LogP contribution in [0.5, 0.6) is 0 Å². The molecule has 2 aliphatic rings. The molecule has 98 valence electrons. The molecule has 2 heterocycles. The summed E-state index contributed by atoms with van der Waals surface area (Å²) in [5.74, 6) is 0. The molecule has 2 rings (SSSR count). The van der Waals surface area contributed by atoms with Crippen molar-refractivity contribution >= 4 is 18.9 Å². The van der Waals surface area contributed by atoms with E-state index in [9.17, 15) is 4.79 Å². The first kappa shape index (κ1) is 13.0. The summed E-state index contributed by atoms with van der Waals surface area (Å²) in [5, 5.41) is 0. The molecular weight excluding hydrogens is 236 g/mol. The quantitative estimate of drug-likeness (QED) is 0.676. The van der Waals surface area contributed by atoms with Gasteiger partial charge in [0.2, 0.25) is 0 Å². The van der Waals surface area contributed by atoms with E-state index in [0.29, 0.717) is 0 Å². The predicted octanol–water partition coefficient (Wildman–Crippen LogP) is 2.16. The molecular formula is C12H22N2O2S. The van der Waals surface area contributed by atoms with Crippen molar-refractivity contribution < 1.29 is 9.53 Å². The molecule has 0 aromatic rings. The number of thiol groups is 1. The first-order chi connectivity index (χ1) is 7.80. The van der Waals surface area contributed by atoms with E-state index >= 15 is 0 Å². The topological polar surface area (TPSA) is 32.8 Å². The zero-order chi connectivity index (χ0) is 12.7. The lowest BCUT2D eigenvalue weighted by molar-refractivity contribution is 0.0275. The number of hydrogen-bond donors (Lipinski definition) is 1. The van der Waals surface area contributed by atoms with Gasteiger partial charge in [0.05, 0.1) is 0 Å². The van der Waals surface area contributed by atoms with Gasteiger partial charge >= 0.3 is 6.09 Å². The number of ether oxygens (including phenoxy) is 1. The molecule has 0 aromatic heterocycles. The van der Waals surface area contributed by atoms with Crippen molar-refractivity contribution in [3.8, 4) is 0 Å². The van der Waals surface area contributed by atoms with Gasteiger partial charge in [-0.15, -0.1) is 0 Å². The fourth-order valence-corrected chi connectivity index (χ4v) is 3.06. The van der Waals surface area contributed by atoms with Crippen LogP contribution >= 0.6 is 12.8 Å². The maximum absolute atomic E-state index is 12.0. The molecule has 0 saturated carbocycles. The summed E-state index contributed by atoms with van der Waals surface area (Å²) < 4.78 is 7.46. The molecule has 2 fully saturated rings. The van der Waals surface area contributed by atoms with Gasteiger partial charge in [0.25, 0.3) is 0 Å². The standard InChI is InChI=1S/C12H22N2O2S/c1-11(2,3)16-10(15)13-6-4-12(8-13)5-7-14(17)9-12/h17H,4-9H2,1-3H3. The fourth-order valence-electron chi connectivity index (χ4n) is 2.66. The van der Waals surface area contributed by atoms with E-state index in [1.807, 2.05) is 25.7 Å². The van der Waals surface area contributed by atoms with Gasteiger partial charge in [0, 0.05) is 31.6 Å². The number of amides is 1. The number of carbonyl (C=O) groups excluding carboxylic acids is 1. The molecule has 1 unspecified atom stereocenters. The monoisotopic (exact) mass is 258 g/mol. The average molecular weight is 258 g/mol. The smallest absolute Gasteiger partial charge is 0.410 e. The normalized spacial score (nSPS) is 30.2. The van der Waals surface area contributed by atoms with Crippen LogP contribution in [0.15, 0.2) is 0 Å². The van der Waals surface area contributed by atoms with Crippen LogP contribution in [0, 0.1) is 5.41 Å². The lowest BCUT2D eigenvalue weighted by Gasteiger charge is -2.26. The Kier molecular flexibility index (Phi) is 3.34. The average Bonchev–Trinajstić information content (AvgIpc) is 2.72. The Morgan fingerprint density at radius 2 is 1.88 bits per heavy atom. The summed E-state index contributed by atoms with van der Waals surface area (Å²) in [6.07, 6.45) is 2.03. The van der Waals surface area contributed by atoms with E-state index in [4.69, 9.17) is 4.74 Å². The molecule has 0 radical (unpaired) electrons. The zero-order valence-electron chi connectivity index (χ0n) is 10.9. The second-order valence-corrected chi connectivity index (χ2v) is 6.86. The van der Waals surface area contributed by atoms with E-state index < -0.39 is 5.60 Å². The summed E-state index contributed by atoms with van der Waals surface area (Å²) in [6.45, 7) is 9.35. The lowest BCUT2D eigenvalue weighted by atomic mass is 9.87. The third-order valence-electron chi connectivity index (χ3n) is 3.51. The summed E-state index contributed by atoms with van der Waals surface area (Å²) in [4.78, 5) is 13.8. The minimum absolute atomic E-state index is 0.174. The number of rotatable bonds is 0. The highest BCUT2D eigenvalue weighted by atomic mass is 32.1. The Bertz CT molecular complexity index is 316. The van der Waals surface area contributed by atoms with Crippen molar-refractivity contribution in [1.82, 2.24) is 9.21 Å². The maximum atomic E-state index is 12.0. The Morgan fingerprint density at radius 1 is 1.24 bits per heavy atom. The van der Waals surface area contributed by atoms with Gasteiger partial charge in [-0.05, 0) is 33.6 Å². The summed E-state index contributed by atoms with van der Waals surface area (Å²) in [7, 11) is 0. The van der Waals surface area contributed by atoms with Gasteiger partial charge in [-0.2, -0.15) is 0 Å². The van der Waals surface area contributed by atoms with Gasteiger partial charge in [0.1, 0.15) is 5.60 Å². The zero-order valence-corrected chi connectivity index (χ0v) is 11.8. The summed E-state index contributed by atoms with van der Waals surface area (Å²) in [5.41, 5.74) is -0.142. The van der Waals surface area contributed by atoms with Gasteiger partial charge in [-0.3, -0.25) is 4.31 Å². The lowest BCUT2D eigenvalue weighted by Crippen LogP contribution is -2.37. The first-order valence-electron chi connectivity index (χ1n) is 6.22. The van der Waals surface area contributed by atoms with E-state index in [-0.39, 0.29) is 11.5 Å². The van der Waals surface area contributed by atoms with Crippen LogP contribution in [0.1, 0.15) is 33.6 Å². The molecule has 0 N–H and O–H groups in total. The van der Waals surface area contributed by atoms with E-state index in [0.717, 1.165) is 39.0 Å². The molecule has 1 amide bonds. The van der Waals surface area contributed by atoms with Gasteiger partial charge in [-0.25, -0.2) is 4.79 Å². The van der Waals surface area contributed by atoms with Crippen LogP contribution in [0.2, 0.25) is 0 Å². The molecule has 5 heteroatoms. The molecule has 0 aromatic carbocycles. The van der Waals surface area contributed by atoms with Crippen LogP contribution < -0.4 is 0 Å². The molecule has 0 aliphatic carbocycles.